The van der Waals surface area contributed by atoms with Gasteiger partial charge < -0.3 is 14.6 Å². The molecule has 0 saturated heterocycles. The SMILES string of the molecule is Cn1c(C(=O)NC2CCOc3cnc(C4CC4)nc32)cc2ccc(Cl)cc21. The van der Waals surface area contributed by atoms with Crippen molar-refractivity contribution in [2.24, 2.45) is 7.05 Å². The second kappa shape index (κ2) is 6.23. The van der Waals surface area contributed by atoms with Crippen molar-refractivity contribution in [1.29, 1.82) is 0 Å². The fourth-order valence-corrected chi connectivity index (χ4v) is 3.78. The van der Waals surface area contributed by atoms with Crippen LogP contribution in [0.3, 0.4) is 0 Å². The first-order valence-corrected chi connectivity index (χ1v) is 9.53. The first kappa shape index (κ1) is 16.6. The highest BCUT2D eigenvalue weighted by molar-refractivity contribution is 6.31. The minimum absolute atomic E-state index is 0.130. The van der Waals surface area contributed by atoms with Crippen molar-refractivity contribution in [1.82, 2.24) is 19.9 Å². The molecule has 0 radical (unpaired) electrons. The predicted molar refractivity (Wildman–Crippen MR) is 102 cm³/mol. The van der Waals surface area contributed by atoms with Crippen molar-refractivity contribution >= 4 is 28.4 Å². The molecule has 1 amide bonds. The molecule has 5 rings (SSSR count). The molecule has 1 atom stereocenters. The predicted octanol–water partition coefficient (Wildman–Crippen LogP) is 3.75. The van der Waals surface area contributed by atoms with Crippen molar-refractivity contribution in [2.45, 2.75) is 31.2 Å². The maximum Gasteiger partial charge on any atom is 0.268 e. The van der Waals surface area contributed by atoms with E-state index in [4.69, 9.17) is 21.3 Å². The number of ether oxygens (including phenoxy) is 1. The average Bonchev–Trinajstić information content (AvgIpc) is 3.47. The molecule has 1 saturated carbocycles. The quantitative estimate of drug-likeness (QED) is 0.749. The van der Waals surface area contributed by atoms with Crippen molar-refractivity contribution in [2.75, 3.05) is 6.61 Å². The summed E-state index contributed by atoms with van der Waals surface area (Å²) in [6.07, 6.45) is 4.70. The van der Waals surface area contributed by atoms with Crippen molar-refractivity contribution in [3.05, 3.63) is 52.7 Å². The molecule has 2 aromatic heterocycles. The van der Waals surface area contributed by atoms with Crippen LogP contribution in [-0.4, -0.2) is 27.0 Å². The Morgan fingerprint density at radius 2 is 2.15 bits per heavy atom. The fraction of sp³-hybridized carbons (Fsp3) is 0.350. The third-order valence-electron chi connectivity index (χ3n) is 5.28. The number of carbonyl (C=O) groups excluding carboxylic acids is 1. The lowest BCUT2D eigenvalue weighted by molar-refractivity contribution is 0.0915. The zero-order valence-electron chi connectivity index (χ0n) is 14.9. The third kappa shape index (κ3) is 2.94. The van der Waals surface area contributed by atoms with Gasteiger partial charge in [0.15, 0.2) is 5.75 Å². The van der Waals surface area contributed by atoms with Crippen molar-refractivity contribution in [3.8, 4) is 5.75 Å². The largest absolute Gasteiger partial charge is 0.490 e. The number of hydrogen-bond acceptors (Lipinski definition) is 4. The summed E-state index contributed by atoms with van der Waals surface area (Å²) in [5, 5.41) is 4.77. The van der Waals surface area contributed by atoms with E-state index in [-0.39, 0.29) is 11.9 Å². The van der Waals surface area contributed by atoms with Gasteiger partial charge in [0, 0.05) is 35.3 Å². The normalized spacial score (nSPS) is 18.8. The molecule has 3 heterocycles. The summed E-state index contributed by atoms with van der Waals surface area (Å²) in [4.78, 5) is 22.1. The highest BCUT2D eigenvalue weighted by Crippen LogP contribution is 2.40. The number of halogens is 1. The van der Waals surface area contributed by atoms with Gasteiger partial charge in [-0.25, -0.2) is 9.97 Å². The zero-order valence-corrected chi connectivity index (χ0v) is 15.7. The molecule has 138 valence electrons. The summed E-state index contributed by atoms with van der Waals surface area (Å²) in [5.41, 5.74) is 2.31. The van der Waals surface area contributed by atoms with Crippen LogP contribution in [0.4, 0.5) is 0 Å². The second-order valence-corrected chi connectivity index (χ2v) is 7.64. The van der Waals surface area contributed by atoms with Gasteiger partial charge in [-0.15, -0.1) is 0 Å². The number of rotatable bonds is 3. The van der Waals surface area contributed by atoms with Gasteiger partial charge in [-0.2, -0.15) is 0 Å². The topological polar surface area (TPSA) is 69.0 Å². The van der Waals surface area contributed by atoms with Crippen LogP contribution in [-0.2, 0) is 7.05 Å². The highest BCUT2D eigenvalue weighted by Gasteiger charge is 2.31. The number of nitrogens with one attached hydrogen (secondary N) is 1. The number of aromatic nitrogens is 3. The molecule has 1 unspecified atom stereocenters. The van der Waals surface area contributed by atoms with E-state index in [9.17, 15) is 4.79 Å². The Labute approximate surface area is 161 Å². The number of carbonyl (C=O) groups is 1. The van der Waals surface area contributed by atoms with Gasteiger partial charge in [0.05, 0.1) is 18.8 Å². The number of benzene rings is 1. The molecule has 1 aliphatic carbocycles. The van der Waals surface area contributed by atoms with E-state index in [0.29, 0.717) is 35.4 Å². The Morgan fingerprint density at radius 3 is 2.96 bits per heavy atom. The molecule has 6 nitrogen and oxygen atoms in total. The molecular weight excluding hydrogens is 364 g/mol. The molecule has 0 spiro atoms. The van der Waals surface area contributed by atoms with E-state index in [1.54, 1.807) is 6.20 Å². The fourth-order valence-electron chi connectivity index (χ4n) is 3.61. The molecule has 27 heavy (non-hydrogen) atoms. The second-order valence-electron chi connectivity index (χ2n) is 7.21. The minimum Gasteiger partial charge on any atom is -0.490 e. The highest BCUT2D eigenvalue weighted by atomic mass is 35.5. The number of nitrogens with zero attached hydrogens (tertiary/aromatic N) is 3. The molecule has 1 aliphatic heterocycles. The van der Waals surface area contributed by atoms with Gasteiger partial charge in [0.25, 0.3) is 5.91 Å². The van der Waals surface area contributed by atoms with Gasteiger partial charge in [-0.1, -0.05) is 17.7 Å². The average molecular weight is 383 g/mol. The van der Waals surface area contributed by atoms with Crippen LogP contribution in [0.2, 0.25) is 5.02 Å². The Bertz CT molecular complexity index is 1060. The van der Waals surface area contributed by atoms with E-state index in [0.717, 1.165) is 35.3 Å². The minimum atomic E-state index is -0.177. The molecule has 1 aromatic carbocycles. The number of aryl methyl sites for hydroxylation is 1. The molecule has 3 aromatic rings. The van der Waals surface area contributed by atoms with Crippen LogP contribution in [0.15, 0.2) is 30.5 Å². The summed E-state index contributed by atoms with van der Waals surface area (Å²) in [7, 11) is 1.87. The van der Waals surface area contributed by atoms with Gasteiger partial charge in [0.1, 0.15) is 17.2 Å². The molecule has 1 N–H and O–H groups in total. The van der Waals surface area contributed by atoms with Crippen molar-refractivity contribution in [3.63, 3.8) is 0 Å². The number of hydrogen-bond donors (Lipinski definition) is 1. The third-order valence-corrected chi connectivity index (χ3v) is 5.52. The molecule has 2 aliphatic rings. The first-order chi connectivity index (χ1) is 13.1. The Kier molecular flexibility index (Phi) is 3.82. The van der Waals surface area contributed by atoms with Gasteiger partial charge in [0.2, 0.25) is 0 Å². The van der Waals surface area contributed by atoms with E-state index in [1.807, 2.05) is 35.9 Å². The first-order valence-electron chi connectivity index (χ1n) is 9.15. The van der Waals surface area contributed by atoms with Gasteiger partial charge in [-0.05, 0) is 31.0 Å². The van der Waals surface area contributed by atoms with E-state index < -0.39 is 0 Å². The van der Waals surface area contributed by atoms with Crippen molar-refractivity contribution < 1.29 is 9.53 Å². The molecule has 7 heteroatoms. The van der Waals surface area contributed by atoms with E-state index in [1.165, 1.54) is 0 Å². The summed E-state index contributed by atoms with van der Waals surface area (Å²) in [5.74, 6) is 1.85. The zero-order chi connectivity index (χ0) is 18.5. The lowest BCUT2D eigenvalue weighted by Crippen LogP contribution is -2.34. The van der Waals surface area contributed by atoms with Crippen LogP contribution in [0, 0.1) is 0 Å². The van der Waals surface area contributed by atoms with Crippen LogP contribution in [0.5, 0.6) is 5.75 Å². The van der Waals surface area contributed by atoms with Gasteiger partial charge >= 0.3 is 0 Å². The van der Waals surface area contributed by atoms with Crippen LogP contribution >= 0.6 is 11.6 Å². The lowest BCUT2D eigenvalue weighted by atomic mass is 10.1. The number of fused-ring (bicyclic) bond motifs is 2. The van der Waals surface area contributed by atoms with Crippen LogP contribution in [0.25, 0.3) is 10.9 Å². The lowest BCUT2D eigenvalue weighted by Gasteiger charge is -2.25. The molecular formula is C20H19ClN4O2. The standard InChI is InChI=1S/C20H19ClN4O2/c1-25-15-9-13(21)5-4-12(15)8-16(25)20(26)23-14-6-7-27-17-10-22-19(11-2-3-11)24-18(14)17/h4-5,8-11,14H,2-3,6-7H2,1H3,(H,23,26). The van der Waals surface area contributed by atoms with E-state index in [2.05, 4.69) is 10.3 Å². The Balaban J connectivity index is 1.45. The Morgan fingerprint density at radius 1 is 1.30 bits per heavy atom. The number of amides is 1. The molecule has 0 bridgehead atoms. The summed E-state index contributed by atoms with van der Waals surface area (Å²) in [6, 6.07) is 7.33. The smallest absolute Gasteiger partial charge is 0.268 e. The van der Waals surface area contributed by atoms with E-state index >= 15 is 0 Å². The summed E-state index contributed by atoms with van der Waals surface area (Å²) >= 11 is 6.09. The maximum atomic E-state index is 13.0. The van der Waals surface area contributed by atoms with Gasteiger partial charge in [-0.3, -0.25) is 4.79 Å². The van der Waals surface area contributed by atoms with Crippen LogP contribution in [0.1, 0.15) is 53.2 Å². The maximum absolute atomic E-state index is 13.0. The molecule has 1 fully saturated rings. The summed E-state index contributed by atoms with van der Waals surface area (Å²) in [6.45, 7) is 0.537. The Hall–Kier alpha value is -2.60. The summed E-state index contributed by atoms with van der Waals surface area (Å²) < 4.78 is 7.55. The van der Waals surface area contributed by atoms with Crippen LogP contribution < -0.4 is 10.1 Å². The monoisotopic (exact) mass is 382 g/mol.